The number of hydrogen-bond acceptors (Lipinski definition) is 7. The van der Waals surface area contributed by atoms with Crippen molar-refractivity contribution in [1.82, 2.24) is 26.7 Å². The Labute approximate surface area is 159 Å². The molecule has 1 aromatic heterocycles. The summed E-state index contributed by atoms with van der Waals surface area (Å²) in [6, 6.07) is 15.2. The van der Waals surface area contributed by atoms with Crippen molar-refractivity contribution >= 4 is 5.82 Å². The number of nitrogens with two attached hydrogens (primary N) is 1. The third-order valence-corrected chi connectivity index (χ3v) is 5.71. The number of hydrazine groups is 2. The molecule has 4 atom stereocenters. The van der Waals surface area contributed by atoms with Gasteiger partial charge < -0.3 is 5.73 Å². The van der Waals surface area contributed by atoms with Crippen molar-refractivity contribution in [3.8, 4) is 6.07 Å². The fourth-order valence-electron chi connectivity index (χ4n) is 4.34. The standard InChI is InChI=1S/C20H25N7/c1-11-18(12(2)26-25-11)17-8-14(15(9-21)20(22)24-17)16-10-23-27-19(16)13-6-4-3-5-7-13/h3-8,11-12,16,18-19,23,25-27H,10H2,1-2H3,(H2,22,24). The number of nitrogens with zero attached hydrogens (tertiary/aromatic N) is 2. The van der Waals surface area contributed by atoms with Crippen LogP contribution in [0.4, 0.5) is 5.82 Å². The number of benzene rings is 1. The van der Waals surface area contributed by atoms with E-state index in [4.69, 9.17) is 5.73 Å². The highest BCUT2D eigenvalue weighted by atomic mass is 15.4. The third kappa shape index (κ3) is 3.17. The maximum Gasteiger partial charge on any atom is 0.141 e. The van der Waals surface area contributed by atoms with Crippen LogP contribution in [0.5, 0.6) is 0 Å². The van der Waals surface area contributed by atoms with Crippen LogP contribution >= 0.6 is 0 Å². The lowest BCUT2D eigenvalue weighted by Crippen LogP contribution is -2.30. The molecule has 27 heavy (non-hydrogen) atoms. The largest absolute Gasteiger partial charge is 0.383 e. The van der Waals surface area contributed by atoms with E-state index in [0.717, 1.165) is 17.8 Å². The van der Waals surface area contributed by atoms with Crippen molar-refractivity contribution in [3.05, 3.63) is 58.8 Å². The van der Waals surface area contributed by atoms with E-state index < -0.39 is 0 Å². The average molecular weight is 363 g/mol. The van der Waals surface area contributed by atoms with Gasteiger partial charge in [-0.1, -0.05) is 30.3 Å². The molecule has 0 radical (unpaired) electrons. The molecule has 2 aromatic rings. The molecule has 2 fully saturated rings. The van der Waals surface area contributed by atoms with Gasteiger partial charge in [-0.25, -0.2) is 10.4 Å². The summed E-state index contributed by atoms with van der Waals surface area (Å²) in [5.41, 5.74) is 22.9. The Morgan fingerprint density at radius 2 is 1.81 bits per heavy atom. The minimum atomic E-state index is 0.0719. The second-order valence-electron chi connectivity index (χ2n) is 7.42. The summed E-state index contributed by atoms with van der Waals surface area (Å²) < 4.78 is 0. The van der Waals surface area contributed by atoms with Crippen LogP contribution in [0.1, 0.15) is 54.1 Å². The first-order valence-corrected chi connectivity index (χ1v) is 9.35. The molecule has 4 unspecified atom stereocenters. The van der Waals surface area contributed by atoms with Gasteiger partial charge in [0.25, 0.3) is 0 Å². The third-order valence-electron chi connectivity index (χ3n) is 5.71. The van der Waals surface area contributed by atoms with Crippen molar-refractivity contribution in [3.63, 3.8) is 0 Å². The van der Waals surface area contributed by atoms with Gasteiger partial charge >= 0.3 is 0 Å². The smallest absolute Gasteiger partial charge is 0.141 e. The summed E-state index contributed by atoms with van der Waals surface area (Å²) in [5.74, 6) is 0.602. The van der Waals surface area contributed by atoms with E-state index in [2.05, 4.69) is 64.8 Å². The van der Waals surface area contributed by atoms with Gasteiger partial charge in [0, 0.05) is 36.2 Å². The van der Waals surface area contributed by atoms with Crippen molar-refractivity contribution in [1.29, 1.82) is 5.26 Å². The first-order chi connectivity index (χ1) is 13.1. The summed E-state index contributed by atoms with van der Waals surface area (Å²) >= 11 is 0. The summed E-state index contributed by atoms with van der Waals surface area (Å²) in [5, 5.41) is 9.74. The van der Waals surface area contributed by atoms with Gasteiger partial charge in [-0.15, -0.1) is 0 Å². The van der Waals surface area contributed by atoms with E-state index in [1.165, 1.54) is 5.56 Å². The molecule has 4 rings (SSSR count). The van der Waals surface area contributed by atoms with E-state index in [1.54, 1.807) is 0 Å². The Morgan fingerprint density at radius 3 is 2.48 bits per heavy atom. The highest BCUT2D eigenvalue weighted by molar-refractivity contribution is 5.56. The molecule has 140 valence electrons. The number of aromatic nitrogens is 1. The minimum absolute atomic E-state index is 0.0719. The van der Waals surface area contributed by atoms with Crippen LogP contribution in [0.3, 0.4) is 0 Å². The molecule has 2 saturated heterocycles. The predicted molar refractivity (Wildman–Crippen MR) is 104 cm³/mol. The highest BCUT2D eigenvalue weighted by Crippen LogP contribution is 2.38. The molecular weight excluding hydrogens is 338 g/mol. The molecule has 2 aliphatic heterocycles. The average Bonchev–Trinajstić information content (AvgIpc) is 3.28. The second-order valence-corrected chi connectivity index (χ2v) is 7.42. The van der Waals surface area contributed by atoms with Crippen LogP contribution in [0.25, 0.3) is 0 Å². The van der Waals surface area contributed by atoms with Crippen LogP contribution < -0.4 is 27.4 Å². The Kier molecular flexibility index (Phi) is 4.81. The van der Waals surface area contributed by atoms with E-state index in [9.17, 15) is 5.26 Å². The molecule has 2 aliphatic rings. The fourth-order valence-corrected chi connectivity index (χ4v) is 4.34. The van der Waals surface area contributed by atoms with Gasteiger partial charge in [0.2, 0.25) is 0 Å². The van der Waals surface area contributed by atoms with Crippen LogP contribution in [0, 0.1) is 11.3 Å². The molecule has 0 aliphatic carbocycles. The minimum Gasteiger partial charge on any atom is -0.383 e. The quantitative estimate of drug-likeness (QED) is 0.561. The molecule has 0 spiro atoms. The number of pyridine rings is 1. The highest BCUT2D eigenvalue weighted by Gasteiger charge is 2.36. The SMILES string of the molecule is CC1NNC(C)C1c1cc(C2CNNC2c2ccccc2)c(C#N)c(N)n1. The van der Waals surface area contributed by atoms with Gasteiger partial charge in [0.1, 0.15) is 11.9 Å². The van der Waals surface area contributed by atoms with Crippen molar-refractivity contribution in [2.45, 2.75) is 43.8 Å². The van der Waals surface area contributed by atoms with Gasteiger partial charge in [0.05, 0.1) is 11.6 Å². The monoisotopic (exact) mass is 363 g/mol. The van der Waals surface area contributed by atoms with Gasteiger partial charge in [-0.3, -0.25) is 16.3 Å². The second kappa shape index (κ2) is 7.25. The normalized spacial score (nSPS) is 30.3. The number of nitrogens with one attached hydrogen (secondary N) is 4. The van der Waals surface area contributed by atoms with E-state index >= 15 is 0 Å². The van der Waals surface area contributed by atoms with E-state index in [0.29, 0.717) is 11.4 Å². The van der Waals surface area contributed by atoms with Gasteiger partial charge in [0.15, 0.2) is 0 Å². The lowest BCUT2D eigenvalue weighted by atomic mass is 9.84. The predicted octanol–water partition coefficient (Wildman–Crippen LogP) is 1.44. The number of hydrogen-bond donors (Lipinski definition) is 5. The van der Waals surface area contributed by atoms with Crippen LogP contribution in [-0.4, -0.2) is 23.6 Å². The maximum absolute atomic E-state index is 9.74. The number of anilines is 1. The number of nitriles is 1. The Bertz CT molecular complexity index is 851. The first kappa shape index (κ1) is 17.9. The molecule has 1 aromatic carbocycles. The lowest BCUT2D eigenvalue weighted by Gasteiger charge is -2.24. The Hall–Kier alpha value is -2.50. The maximum atomic E-state index is 9.74. The van der Waals surface area contributed by atoms with Crippen LogP contribution in [-0.2, 0) is 0 Å². The Balaban J connectivity index is 1.78. The van der Waals surface area contributed by atoms with E-state index in [1.807, 2.05) is 18.2 Å². The summed E-state index contributed by atoms with van der Waals surface area (Å²) in [7, 11) is 0. The fraction of sp³-hybridized carbons (Fsp3) is 0.400. The van der Waals surface area contributed by atoms with Gasteiger partial charge in [-0.05, 0) is 31.0 Å². The topological polar surface area (TPSA) is 111 Å². The number of rotatable bonds is 3. The molecule has 0 saturated carbocycles. The van der Waals surface area contributed by atoms with E-state index in [-0.39, 0.29) is 30.0 Å². The zero-order valence-electron chi connectivity index (χ0n) is 15.5. The lowest BCUT2D eigenvalue weighted by molar-refractivity contribution is 0.546. The molecule has 0 amide bonds. The van der Waals surface area contributed by atoms with Crippen LogP contribution in [0.2, 0.25) is 0 Å². The molecule has 3 heterocycles. The summed E-state index contributed by atoms with van der Waals surface area (Å²) in [6.45, 7) is 4.98. The summed E-state index contributed by atoms with van der Waals surface area (Å²) in [6.07, 6.45) is 0. The van der Waals surface area contributed by atoms with Crippen molar-refractivity contribution < 1.29 is 0 Å². The molecule has 7 nitrogen and oxygen atoms in total. The molecule has 0 bridgehead atoms. The zero-order valence-corrected chi connectivity index (χ0v) is 15.5. The summed E-state index contributed by atoms with van der Waals surface area (Å²) in [4.78, 5) is 4.59. The van der Waals surface area contributed by atoms with Crippen molar-refractivity contribution in [2.75, 3.05) is 12.3 Å². The van der Waals surface area contributed by atoms with Crippen molar-refractivity contribution in [2.24, 2.45) is 0 Å². The van der Waals surface area contributed by atoms with Crippen LogP contribution in [0.15, 0.2) is 36.4 Å². The first-order valence-electron chi connectivity index (χ1n) is 9.35. The zero-order chi connectivity index (χ0) is 19.0. The molecule has 6 N–H and O–H groups in total. The Morgan fingerprint density at radius 1 is 1.11 bits per heavy atom. The molecular formula is C20H25N7. The van der Waals surface area contributed by atoms with Gasteiger partial charge in [-0.2, -0.15) is 5.26 Å². The number of nitrogen functional groups attached to an aromatic ring is 1. The molecule has 7 heteroatoms.